The van der Waals surface area contributed by atoms with Crippen molar-refractivity contribution in [3.05, 3.63) is 42.6 Å². The molecule has 1 heterocycles. The Labute approximate surface area is 111 Å². The number of benzene rings is 1. The number of hydrogen-bond acceptors (Lipinski definition) is 6. The summed E-state index contributed by atoms with van der Waals surface area (Å²) in [6.45, 7) is 0.557. The van der Waals surface area contributed by atoms with Crippen LogP contribution < -0.4 is 16.2 Å². The second-order valence-corrected chi connectivity index (χ2v) is 3.78. The third kappa shape index (κ3) is 3.18. The molecule has 0 saturated heterocycles. The van der Waals surface area contributed by atoms with Crippen LogP contribution in [0.25, 0.3) is 0 Å². The summed E-state index contributed by atoms with van der Waals surface area (Å²) in [4.78, 5) is 10.2. The molecule has 0 atom stereocenters. The highest BCUT2D eigenvalue weighted by atomic mass is 15.3. The third-order valence-electron chi connectivity index (χ3n) is 2.56. The highest BCUT2D eigenvalue weighted by Gasteiger charge is 2.10. The van der Waals surface area contributed by atoms with Gasteiger partial charge in [-0.15, -0.1) is 0 Å². The van der Waals surface area contributed by atoms with Crippen LogP contribution in [-0.4, -0.2) is 16.5 Å². The van der Waals surface area contributed by atoms with Gasteiger partial charge in [0.2, 0.25) is 5.95 Å². The molecule has 0 aliphatic heterocycles. The fraction of sp³-hybridized carbons (Fsp3) is 0.154. The molecule has 6 heteroatoms. The van der Waals surface area contributed by atoms with Gasteiger partial charge in [0, 0.05) is 18.4 Å². The van der Waals surface area contributed by atoms with Crippen molar-refractivity contribution < 1.29 is 0 Å². The fourth-order valence-corrected chi connectivity index (χ4v) is 1.71. The standard InChI is InChI=1S/C13H14N6/c14-8-4-10-19(11-5-2-1-3-6-11)12-7-9-16-13(17-12)18-15/h1-3,5-7,9H,4,10,15H2,(H,16,17,18). The van der Waals surface area contributed by atoms with Crippen LogP contribution in [0.2, 0.25) is 0 Å². The minimum absolute atomic E-state index is 0.343. The monoisotopic (exact) mass is 254 g/mol. The first-order valence-corrected chi connectivity index (χ1v) is 5.84. The summed E-state index contributed by atoms with van der Waals surface area (Å²) in [6, 6.07) is 13.7. The van der Waals surface area contributed by atoms with Gasteiger partial charge in [-0.05, 0) is 18.2 Å². The van der Waals surface area contributed by atoms with Gasteiger partial charge in [-0.25, -0.2) is 10.8 Å². The SMILES string of the molecule is N#CCCN(c1ccccc1)c1ccnc(NN)n1. The average molecular weight is 254 g/mol. The Kier molecular flexibility index (Phi) is 4.26. The van der Waals surface area contributed by atoms with E-state index in [0.717, 1.165) is 5.69 Å². The zero-order valence-electron chi connectivity index (χ0n) is 10.3. The normalized spacial score (nSPS) is 9.68. The first kappa shape index (κ1) is 12.8. The lowest BCUT2D eigenvalue weighted by Crippen LogP contribution is -2.20. The summed E-state index contributed by atoms with van der Waals surface area (Å²) in [5, 5.41) is 8.77. The summed E-state index contributed by atoms with van der Waals surface area (Å²) in [5.74, 6) is 6.35. The molecule has 0 saturated carbocycles. The van der Waals surface area contributed by atoms with Crippen molar-refractivity contribution in [2.45, 2.75) is 6.42 Å². The van der Waals surface area contributed by atoms with E-state index in [2.05, 4.69) is 21.5 Å². The third-order valence-corrected chi connectivity index (χ3v) is 2.56. The smallest absolute Gasteiger partial charge is 0.239 e. The van der Waals surface area contributed by atoms with E-state index in [-0.39, 0.29) is 0 Å². The number of hydrogen-bond donors (Lipinski definition) is 2. The summed E-state index contributed by atoms with van der Waals surface area (Å²) in [5.41, 5.74) is 3.39. The predicted molar refractivity (Wildman–Crippen MR) is 73.5 cm³/mol. The summed E-state index contributed by atoms with van der Waals surface area (Å²) in [6.07, 6.45) is 2.03. The number of nitrogens with two attached hydrogens (primary N) is 1. The topological polar surface area (TPSA) is 90.9 Å². The molecule has 0 amide bonds. The van der Waals surface area contributed by atoms with Gasteiger partial charge in [0.15, 0.2) is 0 Å². The molecule has 0 fully saturated rings. The quantitative estimate of drug-likeness (QED) is 0.624. The molecule has 3 N–H and O–H groups in total. The zero-order valence-corrected chi connectivity index (χ0v) is 10.3. The van der Waals surface area contributed by atoms with Crippen molar-refractivity contribution in [3.63, 3.8) is 0 Å². The lowest BCUT2D eigenvalue weighted by atomic mass is 10.2. The molecule has 19 heavy (non-hydrogen) atoms. The Balaban J connectivity index is 2.34. The van der Waals surface area contributed by atoms with E-state index >= 15 is 0 Å². The fourth-order valence-electron chi connectivity index (χ4n) is 1.71. The number of para-hydroxylation sites is 1. The Morgan fingerprint density at radius 2 is 2.05 bits per heavy atom. The summed E-state index contributed by atoms with van der Waals surface area (Å²) in [7, 11) is 0. The second-order valence-electron chi connectivity index (χ2n) is 3.78. The summed E-state index contributed by atoms with van der Waals surface area (Å²) < 4.78 is 0. The van der Waals surface area contributed by atoms with Gasteiger partial charge >= 0.3 is 0 Å². The Morgan fingerprint density at radius 3 is 2.74 bits per heavy atom. The van der Waals surface area contributed by atoms with Gasteiger partial charge in [-0.2, -0.15) is 10.2 Å². The maximum atomic E-state index is 8.77. The molecular weight excluding hydrogens is 240 g/mol. The number of anilines is 3. The van der Waals surface area contributed by atoms with Crippen LogP contribution >= 0.6 is 0 Å². The minimum Gasteiger partial charge on any atom is -0.325 e. The van der Waals surface area contributed by atoms with Crippen molar-refractivity contribution in [1.82, 2.24) is 9.97 Å². The van der Waals surface area contributed by atoms with E-state index in [9.17, 15) is 0 Å². The number of nitrogens with one attached hydrogen (secondary N) is 1. The molecule has 0 spiro atoms. The van der Waals surface area contributed by atoms with E-state index in [1.54, 1.807) is 12.3 Å². The lowest BCUT2D eigenvalue weighted by molar-refractivity contribution is 0.919. The number of hydrazine groups is 1. The van der Waals surface area contributed by atoms with Crippen LogP contribution in [0.1, 0.15) is 6.42 Å². The molecule has 0 aliphatic rings. The molecule has 0 unspecified atom stereocenters. The number of nitrogens with zero attached hydrogens (tertiary/aromatic N) is 4. The molecule has 1 aromatic heterocycles. The van der Waals surface area contributed by atoms with E-state index in [1.807, 2.05) is 35.2 Å². The first-order chi connectivity index (χ1) is 9.35. The molecule has 0 bridgehead atoms. The summed E-state index contributed by atoms with van der Waals surface area (Å²) >= 11 is 0. The van der Waals surface area contributed by atoms with Crippen LogP contribution in [0, 0.1) is 11.3 Å². The van der Waals surface area contributed by atoms with E-state index in [1.165, 1.54) is 0 Å². The van der Waals surface area contributed by atoms with Gasteiger partial charge in [0.1, 0.15) is 5.82 Å². The maximum absolute atomic E-state index is 8.77. The highest BCUT2D eigenvalue weighted by Crippen LogP contribution is 2.23. The molecule has 0 aliphatic carbocycles. The Bertz CT molecular complexity index is 563. The highest BCUT2D eigenvalue weighted by molar-refractivity contribution is 5.60. The van der Waals surface area contributed by atoms with Gasteiger partial charge in [-0.1, -0.05) is 18.2 Å². The van der Waals surface area contributed by atoms with E-state index in [4.69, 9.17) is 11.1 Å². The second kappa shape index (κ2) is 6.33. The number of rotatable bonds is 5. The molecule has 96 valence electrons. The van der Waals surface area contributed by atoms with Gasteiger partial charge in [0.25, 0.3) is 0 Å². The Hall–Kier alpha value is -2.65. The van der Waals surface area contributed by atoms with Crippen LogP contribution in [0.5, 0.6) is 0 Å². The molecule has 2 aromatic rings. The van der Waals surface area contributed by atoms with Crippen molar-refractivity contribution in [3.8, 4) is 6.07 Å². The van der Waals surface area contributed by atoms with E-state index < -0.39 is 0 Å². The van der Waals surface area contributed by atoms with Crippen molar-refractivity contribution >= 4 is 17.5 Å². The Morgan fingerprint density at radius 1 is 1.26 bits per heavy atom. The largest absolute Gasteiger partial charge is 0.325 e. The maximum Gasteiger partial charge on any atom is 0.239 e. The van der Waals surface area contributed by atoms with Crippen LogP contribution in [-0.2, 0) is 0 Å². The molecule has 1 aromatic carbocycles. The lowest BCUT2D eigenvalue weighted by Gasteiger charge is -2.22. The number of aromatic nitrogens is 2. The van der Waals surface area contributed by atoms with Crippen molar-refractivity contribution in [2.75, 3.05) is 16.9 Å². The minimum atomic E-state index is 0.343. The molecule has 0 radical (unpaired) electrons. The van der Waals surface area contributed by atoms with Crippen molar-refractivity contribution in [2.24, 2.45) is 5.84 Å². The predicted octanol–water partition coefficient (Wildman–Crippen LogP) is 1.81. The molecule has 6 nitrogen and oxygen atoms in total. The van der Waals surface area contributed by atoms with Gasteiger partial charge in [-0.3, -0.25) is 5.43 Å². The number of nitrogen functional groups attached to an aromatic ring is 1. The molecular formula is C13H14N6. The van der Waals surface area contributed by atoms with Crippen LogP contribution in [0.15, 0.2) is 42.6 Å². The molecule has 2 rings (SSSR count). The first-order valence-electron chi connectivity index (χ1n) is 5.84. The van der Waals surface area contributed by atoms with Gasteiger partial charge < -0.3 is 4.90 Å². The zero-order chi connectivity index (χ0) is 13.5. The van der Waals surface area contributed by atoms with Crippen molar-refractivity contribution in [1.29, 1.82) is 5.26 Å². The van der Waals surface area contributed by atoms with Crippen LogP contribution in [0.4, 0.5) is 17.5 Å². The average Bonchev–Trinajstić information content (AvgIpc) is 2.49. The van der Waals surface area contributed by atoms with E-state index in [0.29, 0.717) is 24.7 Å². The van der Waals surface area contributed by atoms with Gasteiger partial charge in [0.05, 0.1) is 12.5 Å². The van der Waals surface area contributed by atoms with Crippen LogP contribution in [0.3, 0.4) is 0 Å². The number of nitriles is 1.